The number of hydrogen-bond acceptors (Lipinski definition) is 3. The fourth-order valence-corrected chi connectivity index (χ4v) is 2.12. The summed E-state index contributed by atoms with van der Waals surface area (Å²) in [6, 6.07) is 0. The Morgan fingerprint density at radius 1 is 0.958 bits per heavy atom. The maximum atomic E-state index is 10.7. The third-order valence-corrected chi connectivity index (χ3v) is 3.57. The third-order valence-electron chi connectivity index (χ3n) is 3.00. The normalized spacial score (nSPS) is 11.4. The molecule has 24 heavy (non-hydrogen) atoms. The van der Waals surface area contributed by atoms with Crippen molar-refractivity contribution in [2.24, 2.45) is 0 Å². The minimum Gasteiger partial charge on any atom is -0.741 e. The molecule has 0 aromatic rings. The van der Waals surface area contributed by atoms with Gasteiger partial charge in [0.05, 0.1) is 40.3 Å². The van der Waals surface area contributed by atoms with Crippen molar-refractivity contribution in [2.75, 3.05) is 40.3 Å². The Morgan fingerprint density at radius 3 is 1.46 bits per heavy atom. The van der Waals surface area contributed by atoms with Crippen LogP contribution < -0.4 is 0 Å². The first kappa shape index (κ1) is 25.2. The van der Waals surface area contributed by atoms with Crippen molar-refractivity contribution in [2.45, 2.75) is 46.0 Å². The Hall–Kier alpha value is -1.03. The summed E-state index contributed by atoms with van der Waals surface area (Å²) in [5.74, 6) is 1.37. The molecular weight excluding hydrogens is 347 g/mol. The van der Waals surface area contributed by atoms with E-state index in [0.29, 0.717) is 0 Å². The summed E-state index contributed by atoms with van der Waals surface area (Å²) in [5, 5.41) is 0. The zero-order valence-corrected chi connectivity index (χ0v) is 16.2. The molecule has 10 heteroatoms. The second-order valence-electron chi connectivity index (χ2n) is 5.25. The van der Waals surface area contributed by atoms with E-state index in [1.807, 2.05) is 0 Å². The first-order valence-electron chi connectivity index (χ1n) is 7.93. The second kappa shape index (κ2) is 11.5. The lowest BCUT2D eigenvalue weighted by molar-refractivity contribution is -0.476. The highest BCUT2D eigenvalue weighted by Gasteiger charge is 2.36. The maximum absolute atomic E-state index is 10.7. The van der Waals surface area contributed by atoms with Crippen molar-refractivity contribution >= 4 is 16.1 Å². The Labute approximate surface area is 143 Å². The summed E-state index contributed by atoms with van der Waals surface area (Å²) >= 11 is 0. The van der Waals surface area contributed by atoms with E-state index in [2.05, 4.69) is 56.2 Å². The molecule has 0 atom stereocenters. The summed E-state index contributed by atoms with van der Waals surface area (Å²) in [5.41, 5.74) is -5.65. The van der Waals surface area contributed by atoms with Crippen LogP contribution in [0.2, 0.25) is 0 Å². The quantitative estimate of drug-likeness (QED) is 0.233. The fourth-order valence-electron chi connectivity index (χ4n) is 2.12. The Morgan fingerprint density at radius 2 is 1.29 bits per heavy atom. The fraction of sp³-hybridized carbons (Fsp3) is 0.929. The number of alkyl halides is 3. The van der Waals surface area contributed by atoms with Crippen LogP contribution in [0.1, 0.15) is 40.5 Å². The van der Waals surface area contributed by atoms with Crippen LogP contribution >= 0.6 is 0 Å². The van der Waals surface area contributed by atoms with Crippen molar-refractivity contribution in [1.82, 2.24) is 9.80 Å². The summed E-state index contributed by atoms with van der Waals surface area (Å²) in [4.78, 5) is 4.94. The van der Waals surface area contributed by atoms with Gasteiger partial charge in [0.25, 0.3) is 0 Å². The zero-order valence-electron chi connectivity index (χ0n) is 15.4. The second-order valence-corrected chi connectivity index (χ2v) is 6.62. The lowest BCUT2D eigenvalue weighted by atomic mass is 10.3. The van der Waals surface area contributed by atoms with E-state index >= 15 is 0 Å². The van der Waals surface area contributed by atoms with E-state index in [1.54, 1.807) is 0 Å². The lowest BCUT2D eigenvalue weighted by Gasteiger charge is -2.27. The molecule has 0 spiro atoms. The van der Waals surface area contributed by atoms with E-state index in [1.165, 1.54) is 18.8 Å². The summed E-state index contributed by atoms with van der Waals surface area (Å²) in [7, 11) is -1.80. The van der Waals surface area contributed by atoms with E-state index in [-0.39, 0.29) is 0 Å². The highest BCUT2D eigenvalue weighted by Crippen LogP contribution is 2.20. The molecule has 0 aliphatic rings. The van der Waals surface area contributed by atoms with Crippen molar-refractivity contribution in [3.63, 3.8) is 0 Å². The Balaban J connectivity index is 0. The van der Waals surface area contributed by atoms with Crippen molar-refractivity contribution < 1.29 is 30.7 Å². The minimum absolute atomic E-state index is 1.08. The van der Waals surface area contributed by atoms with Crippen molar-refractivity contribution in [1.29, 1.82) is 0 Å². The molecule has 0 heterocycles. The Bertz CT molecular complexity index is 465. The van der Waals surface area contributed by atoms with Crippen LogP contribution in [0.15, 0.2) is 0 Å². The predicted octanol–water partition coefficient (Wildman–Crippen LogP) is 2.13. The number of rotatable bonds is 6. The molecule has 0 aliphatic carbocycles. The number of guanidine groups is 1. The predicted molar refractivity (Wildman–Crippen MR) is 87.9 cm³/mol. The number of nitrogens with zero attached hydrogens (tertiary/aromatic N) is 3. The highest BCUT2D eigenvalue weighted by atomic mass is 32.2. The summed E-state index contributed by atoms with van der Waals surface area (Å²) in [6.07, 6.45) is 2.41. The van der Waals surface area contributed by atoms with Crippen LogP contribution in [-0.2, 0) is 10.1 Å². The van der Waals surface area contributed by atoms with Crippen LogP contribution in [0.25, 0.3) is 0 Å². The molecule has 0 rings (SSSR count). The van der Waals surface area contributed by atoms with Crippen LogP contribution in [0.3, 0.4) is 0 Å². The van der Waals surface area contributed by atoms with Crippen LogP contribution in [0.5, 0.6) is 0 Å². The highest BCUT2D eigenvalue weighted by molar-refractivity contribution is 7.86. The molecule has 0 saturated heterocycles. The van der Waals surface area contributed by atoms with E-state index in [9.17, 15) is 13.2 Å². The van der Waals surface area contributed by atoms with Gasteiger partial charge in [-0.05, 0) is 26.7 Å². The van der Waals surface area contributed by atoms with Gasteiger partial charge in [-0.2, -0.15) is 13.2 Å². The maximum Gasteiger partial charge on any atom is 0.485 e. The van der Waals surface area contributed by atoms with Crippen molar-refractivity contribution in [3.8, 4) is 0 Å². The molecular formula is C14H30F3N3O3S. The summed E-state index contributed by atoms with van der Waals surface area (Å²) < 4.78 is 61.2. The molecule has 0 aromatic heterocycles. The van der Waals surface area contributed by atoms with Gasteiger partial charge in [-0.25, -0.2) is 8.42 Å². The summed E-state index contributed by atoms with van der Waals surface area (Å²) in [6.45, 7) is 13.4. The van der Waals surface area contributed by atoms with Crippen LogP contribution in [0.4, 0.5) is 13.2 Å². The molecule has 0 bridgehead atoms. The van der Waals surface area contributed by atoms with Gasteiger partial charge in [-0.3, -0.25) is 14.4 Å². The van der Waals surface area contributed by atoms with Gasteiger partial charge in [0.15, 0.2) is 10.1 Å². The molecule has 0 radical (unpaired) electrons. The van der Waals surface area contributed by atoms with Gasteiger partial charge >= 0.3 is 11.5 Å². The number of hydrogen-bond donors (Lipinski definition) is 0. The SMILES string of the molecule is CCCN(CCC)C(N(CC)CC)=[N+](C)C.O=S(=O)([O-])C(F)(F)F. The molecule has 0 unspecified atom stereocenters. The standard InChI is InChI=1S/C13H30N3.CHF3O3S/c1-7-11-16(12-8-2)13(14(5)6)15(9-3)10-4;2-1(3,4)8(5,6)7/h7-12H2,1-6H3;(H,5,6,7)/q+1;/p-1. The lowest BCUT2D eigenvalue weighted by Crippen LogP contribution is -2.49. The van der Waals surface area contributed by atoms with E-state index < -0.39 is 15.6 Å². The molecule has 0 amide bonds. The average molecular weight is 377 g/mol. The van der Waals surface area contributed by atoms with Gasteiger partial charge in [-0.1, -0.05) is 13.8 Å². The molecule has 0 aromatic carbocycles. The van der Waals surface area contributed by atoms with Crippen LogP contribution in [0, 0.1) is 0 Å². The molecule has 146 valence electrons. The van der Waals surface area contributed by atoms with Gasteiger partial charge in [0.1, 0.15) is 0 Å². The number of halogens is 3. The monoisotopic (exact) mass is 377 g/mol. The zero-order chi connectivity index (χ0) is 19.6. The van der Waals surface area contributed by atoms with Gasteiger partial charge in [-0.15, -0.1) is 0 Å². The molecule has 0 fully saturated rings. The van der Waals surface area contributed by atoms with Crippen LogP contribution in [-0.4, -0.2) is 79.1 Å². The van der Waals surface area contributed by atoms with Gasteiger partial charge in [0, 0.05) is 0 Å². The molecule has 0 aliphatic heterocycles. The molecule has 6 nitrogen and oxygen atoms in total. The largest absolute Gasteiger partial charge is 0.741 e. The molecule has 0 N–H and O–H groups in total. The smallest absolute Gasteiger partial charge is 0.485 e. The first-order chi connectivity index (χ1) is 10.9. The van der Waals surface area contributed by atoms with Gasteiger partial charge < -0.3 is 4.55 Å². The minimum atomic E-state index is -6.09. The van der Waals surface area contributed by atoms with Crippen molar-refractivity contribution in [3.05, 3.63) is 0 Å². The molecule has 0 saturated carbocycles. The van der Waals surface area contributed by atoms with E-state index in [4.69, 9.17) is 13.0 Å². The first-order valence-corrected chi connectivity index (χ1v) is 9.34. The topological polar surface area (TPSA) is 66.7 Å². The third kappa shape index (κ3) is 9.31. The Kier molecular flexibility index (Phi) is 12.1. The average Bonchev–Trinajstić information content (AvgIpc) is 2.42. The van der Waals surface area contributed by atoms with Gasteiger partial charge in [0.2, 0.25) is 0 Å². The van der Waals surface area contributed by atoms with E-state index in [0.717, 1.165) is 26.2 Å².